The summed E-state index contributed by atoms with van der Waals surface area (Å²) in [6, 6.07) is 8.74. The van der Waals surface area contributed by atoms with Gasteiger partial charge in [0.25, 0.3) is 0 Å². The Bertz CT molecular complexity index is 454. The molecule has 0 aromatic heterocycles. The van der Waals surface area contributed by atoms with E-state index >= 15 is 0 Å². The van der Waals surface area contributed by atoms with Crippen LogP contribution in [0.25, 0.3) is 0 Å². The number of fused-ring (bicyclic) bond motifs is 1. The van der Waals surface area contributed by atoms with Crippen LogP contribution < -0.4 is 5.73 Å². The summed E-state index contributed by atoms with van der Waals surface area (Å²) in [6.45, 7) is 8.23. The zero-order valence-corrected chi connectivity index (χ0v) is 13.8. The van der Waals surface area contributed by atoms with Crippen molar-refractivity contribution in [1.29, 1.82) is 0 Å². The highest BCUT2D eigenvalue weighted by Crippen LogP contribution is 2.28. The van der Waals surface area contributed by atoms with E-state index in [1.54, 1.807) is 0 Å². The zero-order valence-electron chi connectivity index (χ0n) is 13.8. The number of rotatable bonds is 4. The fourth-order valence-corrected chi connectivity index (χ4v) is 2.64. The Hall–Kier alpha value is -1.35. The van der Waals surface area contributed by atoms with E-state index in [0.29, 0.717) is 12.6 Å². The molecule has 0 radical (unpaired) electrons. The van der Waals surface area contributed by atoms with Crippen LogP contribution in [0.4, 0.5) is 0 Å². The molecule has 1 unspecified atom stereocenters. The summed E-state index contributed by atoms with van der Waals surface area (Å²) >= 11 is 0. The third kappa shape index (κ3) is 5.16. The van der Waals surface area contributed by atoms with Crippen LogP contribution in [0, 0.1) is 5.41 Å². The lowest BCUT2D eigenvalue weighted by atomic mass is 9.88. The fourth-order valence-electron chi connectivity index (χ4n) is 2.64. The van der Waals surface area contributed by atoms with Gasteiger partial charge in [0.2, 0.25) is 0 Å². The summed E-state index contributed by atoms with van der Waals surface area (Å²) in [5.74, 6) is -0.0816. The summed E-state index contributed by atoms with van der Waals surface area (Å²) in [5.41, 5.74) is 8.33. The summed E-state index contributed by atoms with van der Waals surface area (Å²) in [4.78, 5) is 11.2. The number of hydrogen-bond acceptors (Lipinski definition) is 3. The van der Waals surface area contributed by atoms with Gasteiger partial charge < -0.3 is 10.5 Å². The number of aryl methyl sites for hydroxylation is 1. The Morgan fingerprint density at radius 3 is 2.57 bits per heavy atom. The summed E-state index contributed by atoms with van der Waals surface area (Å²) in [7, 11) is 0. The maximum Gasteiger partial charge on any atom is 0.311 e. The smallest absolute Gasteiger partial charge is 0.311 e. The van der Waals surface area contributed by atoms with Crippen LogP contribution >= 0.6 is 0 Å². The molecule has 1 aromatic carbocycles. The first-order chi connectivity index (χ1) is 9.92. The van der Waals surface area contributed by atoms with Gasteiger partial charge in [-0.25, -0.2) is 0 Å². The number of ether oxygens (including phenoxy) is 1. The van der Waals surface area contributed by atoms with Crippen molar-refractivity contribution in [1.82, 2.24) is 0 Å². The predicted octanol–water partition coefficient (Wildman–Crippen LogP) is 4.01. The lowest BCUT2D eigenvalue weighted by Crippen LogP contribution is -2.26. The van der Waals surface area contributed by atoms with E-state index < -0.39 is 0 Å². The molecule has 0 amide bonds. The van der Waals surface area contributed by atoms with E-state index in [-0.39, 0.29) is 11.4 Å². The predicted molar refractivity (Wildman–Crippen MR) is 87.0 cm³/mol. The van der Waals surface area contributed by atoms with Gasteiger partial charge in [-0.05, 0) is 51.2 Å². The highest BCUT2D eigenvalue weighted by molar-refractivity contribution is 5.75. The van der Waals surface area contributed by atoms with Crippen LogP contribution in [0.1, 0.15) is 64.1 Å². The molecule has 2 N–H and O–H groups in total. The van der Waals surface area contributed by atoms with Gasteiger partial charge in [0.1, 0.15) is 0 Å². The van der Waals surface area contributed by atoms with Gasteiger partial charge in [-0.2, -0.15) is 0 Å². The van der Waals surface area contributed by atoms with E-state index in [4.69, 9.17) is 10.5 Å². The number of carbonyl (C=O) groups is 1. The van der Waals surface area contributed by atoms with E-state index in [0.717, 1.165) is 25.7 Å². The Morgan fingerprint density at radius 1 is 1.33 bits per heavy atom. The number of benzene rings is 1. The van der Waals surface area contributed by atoms with Crippen molar-refractivity contribution in [3.8, 4) is 0 Å². The molecular weight excluding hydrogens is 262 g/mol. The summed E-state index contributed by atoms with van der Waals surface area (Å²) in [5, 5.41) is 0. The van der Waals surface area contributed by atoms with E-state index in [1.807, 2.05) is 20.8 Å². The highest BCUT2D eigenvalue weighted by atomic mass is 16.5. The van der Waals surface area contributed by atoms with Gasteiger partial charge in [0.15, 0.2) is 0 Å². The van der Waals surface area contributed by atoms with Gasteiger partial charge >= 0.3 is 5.97 Å². The molecule has 0 heterocycles. The van der Waals surface area contributed by atoms with E-state index in [2.05, 4.69) is 31.2 Å². The van der Waals surface area contributed by atoms with Crippen LogP contribution in [-0.4, -0.2) is 12.6 Å². The molecule has 0 saturated heterocycles. The monoisotopic (exact) mass is 291 g/mol. The van der Waals surface area contributed by atoms with Crippen LogP contribution in [-0.2, 0) is 16.0 Å². The maximum absolute atomic E-state index is 11.2. The number of esters is 1. The third-order valence-corrected chi connectivity index (χ3v) is 3.88. The van der Waals surface area contributed by atoms with Crippen LogP contribution in [0.3, 0.4) is 0 Å². The third-order valence-electron chi connectivity index (χ3n) is 3.88. The minimum atomic E-state index is -0.301. The average Bonchev–Trinajstić information content (AvgIpc) is 2.82. The van der Waals surface area contributed by atoms with Crippen molar-refractivity contribution in [2.45, 2.75) is 59.4 Å². The van der Waals surface area contributed by atoms with Gasteiger partial charge in [0.05, 0.1) is 12.0 Å². The second-order valence-electron chi connectivity index (χ2n) is 6.20. The minimum Gasteiger partial charge on any atom is -0.466 e. The molecule has 1 aliphatic rings. The molecule has 1 aliphatic carbocycles. The molecular formula is C18H29NO2. The van der Waals surface area contributed by atoms with Gasteiger partial charge in [-0.1, -0.05) is 37.6 Å². The second-order valence-corrected chi connectivity index (χ2v) is 6.20. The van der Waals surface area contributed by atoms with Crippen molar-refractivity contribution in [2.24, 2.45) is 11.1 Å². The Balaban J connectivity index is 0.000000210. The Morgan fingerprint density at radius 2 is 2.00 bits per heavy atom. The van der Waals surface area contributed by atoms with Crippen LogP contribution in [0.15, 0.2) is 24.3 Å². The molecule has 1 aromatic rings. The molecule has 0 aliphatic heterocycles. The molecule has 0 fully saturated rings. The topological polar surface area (TPSA) is 52.3 Å². The van der Waals surface area contributed by atoms with Crippen LogP contribution in [0.5, 0.6) is 0 Å². The van der Waals surface area contributed by atoms with Crippen molar-refractivity contribution in [2.75, 3.05) is 6.61 Å². The second kappa shape index (κ2) is 8.18. The number of nitrogens with two attached hydrogens (primary N) is 1. The number of hydrogen-bond donors (Lipinski definition) is 1. The van der Waals surface area contributed by atoms with Crippen molar-refractivity contribution in [3.05, 3.63) is 35.4 Å². The SMILES string of the molecule is CCCC(C)(C)C(=O)OCC.NC1CCc2ccccc21. The molecule has 3 heteroatoms. The fraction of sp³-hybridized carbons (Fsp3) is 0.611. The van der Waals surface area contributed by atoms with E-state index in [1.165, 1.54) is 11.1 Å². The Kier molecular flexibility index (Phi) is 6.90. The highest BCUT2D eigenvalue weighted by Gasteiger charge is 2.27. The molecule has 1 atom stereocenters. The Labute approximate surface area is 128 Å². The quantitative estimate of drug-likeness (QED) is 0.853. The lowest BCUT2D eigenvalue weighted by molar-refractivity contribution is -0.153. The molecule has 118 valence electrons. The molecule has 0 bridgehead atoms. The number of carbonyl (C=O) groups excluding carboxylic acids is 1. The van der Waals surface area contributed by atoms with Crippen molar-refractivity contribution >= 4 is 5.97 Å². The first-order valence-electron chi connectivity index (χ1n) is 7.93. The standard InChI is InChI=1S/C9H11N.C9H18O2/c10-9-6-5-7-3-1-2-4-8(7)9;1-5-7-9(3,4)8(10)11-6-2/h1-4,9H,5-6,10H2;5-7H2,1-4H3. The summed E-state index contributed by atoms with van der Waals surface area (Å²) < 4.78 is 4.92. The normalized spacial score (nSPS) is 16.7. The summed E-state index contributed by atoms with van der Waals surface area (Å²) in [6.07, 6.45) is 4.20. The average molecular weight is 291 g/mol. The molecule has 21 heavy (non-hydrogen) atoms. The largest absolute Gasteiger partial charge is 0.466 e. The van der Waals surface area contributed by atoms with Gasteiger partial charge in [0, 0.05) is 6.04 Å². The molecule has 0 spiro atoms. The van der Waals surface area contributed by atoms with Crippen LogP contribution in [0.2, 0.25) is 0 Å². The minimum absolute atomic E-state index is 0.0816. The zero-order chi connectivity index (χ0) is 15.9. The molecule has 2 rings (SSSR count). The maximum atomic E-state index is 11.2. The molecule has 3 nitrogen and oxygen atoms in total. The first kappa shape index (κ1) is 17.7. The first-order valence-corrected chi connectivity index (χ1v) is 7.93. The molecule has 0 saturated carbocycles. The van der Waals surface area contributed by atoms with Gasteiger partial charge in [-0.15, -0.1) is 0 Å². The van der Waals surface area contributed by atoms with Crippen molar-refractivity contribution < 1.29 is 9.53 Å². The van der Waals surface area contributed by atoms with Crippen molar-refractivity contribution in [3.63, 3.8) is 0 Å². The van der Waals surface area contributed by atoms with Gasteiger partial charge in [-0.3, -0.25) is 4.79 Å². The van der Waals surface area contributed by atoms with E-state index in [9.17, 15) is 4.79 Å². The lowest BCUT2D eigenvalue weighted by Gasteiger charge is -2.20.